The van der Waals surface area contributed by atoms with Crippen LogP contribution in [0.5, 0.6) is 0 Å². The van der Waals surface area contributed by atoms with Crippen molar-refractivity contribution in [2.24, 2.45) is 5.92 Å². The van der Waals surface area contributed by atoms with Crippen molar-refractivity contribution < 1.29 is 13.5 Å². The van der Waals surface area contributed by atoms with Gasteiger partial charge in [0.05, 0.1) is 16.8 Å². The summed E-state index contributed by atoms with van der Waals surface area (Å²) >= 11 is 0. The Labute approximate surface area is 129 Å². The van der Waals surface area contributed by atoms with Gasteiger partial charge in [-0.2, -0.15) is 27.0 Å². The molecule has 0 radical (unpaired) electrons. The molecule has 3 nitrogen and oxygen atoms in total. The van der Waals surface area contributed by atoms with Crippen LogP contribution in [0.3, 0.4) is 0 Å². The average Bonchev–Trinajstić information content (AvgIpc) is 2.83. The third kappa shape index (κ3) is 5.02. The highest BCUT2D eigenvalue weighted by atomic mass is 32.2. The van der Waals surface area contributed by atoms with Gasteiger partial charge in [-0.1, -0.05) is 31.0 Å². The maximum absolute atomic E-state index is 12.0. The first kappa shape index (κ1) is 18.8. The van der Waals surface area contributed by atoms with Crippen molar-refractivity contribution in [3.05, 3.63) is 30.3 Å². The van der Waals surface area contributed by atoms with E-state index in [9.17, 15) is 13.5 Å². The first-order valence-corrected chi connectivity index (χ1v) is 7.71. The summed E-state index contributed by atoms with van der Waals surface area (Å²) in [6.45, 7) is 0. The fourth-order valence-corrected chi connectivity index (χ4v) is 3.91. The van der Waals surface area contributed by atoms with Crippen molar-refractivity contribution in [2.75, 3.05) is 5.75 Å². The molecule has 1 atom stereocenters. The first-order chi connectivity index (χ1) is 8.09. The van der Waals surface area contributed by atoms with Crippen LogP contribution in [-0.4, -0.2) is 25.4 Å². The summed E-state index contributed by atoms with van der Waals surface area (Å²) in [6.07, 6.45) is 3.39. The predicted octanol–water partition coefficient (Wildman–Crippen LogP) is 2.24. The van der Waals surface area contributed by atoms with Gasteiger partial charge < -0.3 is 5.11 Å². The van der Waals surface area contributed by atoms with Crippen LogP contribution < -0.4 is 0 Å². The molecule has 1 aliphatic rings. The monoisotopic (exact) mass is 322 g/mol. The Hall–Kier alpha value is -0.170. The van der Waals surface area contributed by atoms with Gasteiger partial charge in [0.1, 0.15) is 0 Å². The number of hydrogen-bond donors (Lipinski definition) is 1. The van der Waals surface area contributed by atoms with Crippen LogP contribution in [0.4, 0.5) is 0 Å². The predicted molar refractivity (Wildman–Crippen MR) is 87.2 cm³/mol. The molecule has 0 bridgehead atoms. The molecular weight excluding hydrogens is 300 g/mol. The van der Waals surface area contributed by atoms with Crippen LogP contribution in [0.1, 0.15) is 25.7 Å². The van der Waals surface area contributed by atoms with E-state index in [1.807, 2.05) is 0 Å². The van der Waals surface area contributed by atoms with Crippen molar-refractivity contribution >= 4 is 36.8 Å². The van der Waals surface area contributed by atoms with Crippen LogP contribution in [0, 0.1) is 5.92 Å². The Morgan fingerprint density at radius 1 is 1.11 bits per heavy atom. The van der Waals surface area contributed by atoms with Gasteiger partial charge in [0, 0.05) is 0 Å². The molecule has 1 N–H and O–H groups in total. The second-order valence-electron chi connectivity index (χ2n) is 4.71. The topological polar surface area (TPSA) is 54.4 Å². The van der Waals surface area contributed by atoms with Gasteiger partial charge in [0.2, 0.25) is 0 Å². The zero-order valence-electron chi connectivity index (χ0n) is 10.7. The van der Waals surface area contributed by atoms with E-state index in [2.05, 4.69) is 0 Å². The van der Waals surface area contributed by atoms with Gasteiger partial charge in [-0.05, 0) is 30.9 Å². The molecule has 0 aromatic heterocycles. The molecule has 2 rings (SSSR count). The van der Waals surface area contributed by atoms with Crippen LogP contribution in [0.15, 0.2) is 35.2 Å². The van der Waals surface area contributed by atoms with Crippen molar-refractivity contribution in [1.82, 2.24) is 0 Å². The maximum atomic E-state index is 12.0. The Morgan fingerprint density at radius 2 is 1.63 bits per heavy atom. The second kappa shape index (κ2) is 8.19. The fraction of sp³-hybridized carbons (Fsp3) is 0.538. The maximum Gasteiger partial charge on any atom is 0.180 e. The summed E-state index contributed by atoms with van der Waals surface area (Å²) in [4.78, 5) is 0.303. The third-order valence-electron chi connectivity index (χ3n) is 3.44. The van der Waals surface area contributed by atoms with Crippen LogP contribution in [0.25, 0.3) is 0 Å². The van der Waals surface area contributed by atoms with Gasteiger partial charge in [-0.15, -0.1) is 0 Å². The third-order valence-corrected chi connectivity index (χ3v) is 5.21. The van der Waals surface area contributed by atoms with Crippen LogP contribution in [0.2, 0.25) is 0 Å². The van der Waals surface area contributed by atoms with E-state index in [0.717, 1.165) is 25.7 Å². The molecule has 1 saturated carbocycles. The van der Waals surface area contributed by atoms with E-state index >= 15 is 0 Å². The molecule has 0 heterocycles. The van der Waals surface area contributed by atoms with Crippen molar-refractivity contribution in [2.45, 2.75) is 36.7 Å². The van der Waals surface area contributed by atoms with E-state index in [1.54, 1.807) is 30.3 Å². The van der Waals surface area contributed by atoms with Gasteiger partial charge in [-0.25, -0.2) is 8.42 Å². The minimum absolute atomic E-state index is 0. The summed E-state index contributed by atoms with van der Waals surface area (Å²) in [5.74, 6) is 0.00953. The molecule has 0 aliphatic heterocycles. The lowest BCUT2D eigenvalue weighted by Gasteiger charge is -2.17. The zero-order chi connectivity index (χ0) is 12.3. The first-order valence-electron chi connectivity index (χ1n) is 6.05. The number of rotatable bonds is 4. The number of aliphatic hydroxyl groups is 1. The molecule has 1 aliphatic carbocycles. The molecule has 1 aromatic rings. The summed E-state index contributed by atoms with van der Waals surface area (Å²) in [5, 5.41) is 9.97. The smallest absolute Gasteiger partial charge is 0.180 e. The number of sulfone groups is 1. The summed E-state index contributed by atoms with van der Waals surface area (Å²) < 4.78 is 24.1. The minimum atomic E-state index is -3.35. The van der Waals surface area contributed by atoms with E-state index in [1.165, 1.54) is 0 Å². The molecule has 0 spiro atoms. The second-order valence-corrected chi connectivity index (χ2v) is 6.74. The van der Waals surface area contributed by atoms with Gasteiger partial charge in [0.25, 0.3) is 0 Å². The average molecular weight is 323 g/mol. The summed E-state index contributed by atoms with van der Waals surface area (Å²) in [7, 11) is -3.35. The van der Waals surface area contributed by atoms with Crippen LogP contribution >= 0.6 is 27.0 Å². The van der Waals surface area contributed by atoms with Crippen LogP contribution in [-0.2, 0) is 9.84 Å². The molecule has 1 fully saturated rings. The van der Waals surface area contributed by atoms with Gasteiger partial charge >= 0.3 is 0 Å². The molecule has 110 valence electrons. The zero-order valence-corrected chi connectivity index (χ0v) is 13.6. The highest BCUT2D eigenvalue weighted by Gasteiger charge is 2.28. The molecule has 0 amide bonds. The molecule has 19 heavy (non-hydrogen) atoms. The largest absolute Gasteiger partial charge is 0.392 e. The van der Waals surface area contributed by atoms with Crippen molar-refractivity contribution in [3.8, 4) is 0 Å². The molecule has 6 heteroatoms. The molecule has 0 unspecified atom stereocenters. The Morgan fingerprint density at radius 3 is 2.16 bits per heavy atom. The standard InChI is InChI=1S/C13H18O3S.2H2S/c14-13(11-6-4-5-7-11)10-17(15,16)12-8-2-1-3-9-12;;/h1-3,8-9,11,13-14H,4-7,10H2;2*1H2/t13-;;/m1../s1. The number of aliphatic hydroxyl groups excluding tert-OH is 1. The fourth-order valence-electron chi connectivity index (χ4n) is 2.43. The molecule has 0 saturated heterocycles. The minimum Gasteiger partial charge on any atom is -0.392 e. The molecular formula is C13H22O3S3. The lowest BCUT2D eigenvalue weighted by Crippen LogP contribution is -2.27. The van der Waals surface area contributed by atoms with E-state index in [-0.39, 0.29) is 38.7 Å². The quantitative estimate of drug-likeness (QED) is 0.925. The van der Waals surface area contributed by atoms with E-state index < -0.39 is 15.9 Å². The van der Waals surface area contributed by atoms with Crippen molar-refractivity contribution in [1.29, 1.82) is 0 Å². The number of hydrogen-bond acceptors (Lipinski definition) is 3. The molecule has 1 aromatic carbocycles. The summed E-state index contributed by atoms with van der Waals surface area (Å²) in [5.41, 5.74) is 0. The Balaban J connectivity index is 0.00000162. The Kier molecular flexibility index (Phi) is 8.12. The Bertz CT molecular complexity index is 453. The highest BCUT2D eigenvalue weighted by Crippen LogP contribution is 2.29. The van der Waals surface area contributed by atoms with Gasteiger partial charge in [0.15, 0.2) is 9.84 Å². The lowest BCUT2D eigenvalue weighted by atomic mass is 10.0. The van der Waals surface area contributed by atoms with E-state index in [0.29, 0.717) is 4.90 Å². The SMILES string of the molecule is O=S(=O)(C[C@@H](O)C1CCCC1)c1ccccc1.S.S. The number of benzene rings is 1. The van der Waals surface area contributed by atoms with E-state index in [4.69, 9.17) is 0 Å². The summed E-state index contributed by atoms with van der Waals surface area (Å²) in [6, 6.07) is 8.35. The normalized spacial score (nSPS) is 17.3. The highest BCUT2D eigenvalue weighted by molar-refractivity contribution is 7.91. The van der Waals surface area contributed by atoms with Gasteiger partial charge in [-0.3, -0.25) is 0 Å². The lowest BCUT2D eigenvalue weighted by molar-refractivity contribution is 0.131. The van der Waals surface area contributed by atoms with Crippen molar-refractivity contribution in [3.63, 3.8) is 0 Å².